The van der Waals surface area contributed by atoms with Crippen LogP contribution in [0.5, 0.6) is 0 Å². The average molecular weight is 375 g/mol. The summed E-state index contributed by atoms with van der Waals surface area (Å²) >= 11 is 0. The summed E-state index contributed by atoms with van der Waals surface area (Å²) in [5.74, 6) is 0.703. The zero-order chi connectivity index (χ0) is 19.1. The van der Waals surface area contributed by atoms with Crippen LogP contribution < -0.4 is 5.32 Å². The van der Waals surface area contributed by atoms with Crippen molar-refractivity contribution in [2.24, 2.45) is 5.41 Å². The smallest absolute Gasteiger partial charge is 0.0802 e. The van der Waals surface area contributed by atoms with Crippen LogP contribution in [0.2, 0.25) is 0 Å². The lowest BCUT2D eigenvalue weighted by atomic mass is 9.66. The summed E-state index contributed by atoms with van der Waals surface area (Å²) in [5, 5.41) is 8.31. The highest BCUT2D eigenvalue weighted by Gasteiger charge is 2.46. The maximum atomic E-state index is 6.12. The predicted octanol–water partition coefficient (Wildman–Crippen LogP) is 3.32. The van der Waals surface area contributed by atoms with E-state index in [4.69, 9.17) is 9.84 Å². The molecule has 1 aliphatic carbocycles. The third-order valence-electron chi connectivity index (χ3n) is 7.15. The summed E-state index contributed by atoms with van der Waals surface area (Å²) in [6.45, 7) is 9.68. The van der Waals surface area contributed by atoms with Crippen LogP contribution >= 0.6 is 0 Å². The van der Waals surface area contributed by atoms with Crippen LogP contribution in [0, 0.1) is 5.41 Å². The van der Waals surface area contributed by atoms with Gasteiger partial charge in [0.05, 0.1) is 17.9 Å². The average Bonchev–Trinajstić information content (AvgIpc) is 3.28. The van der Waals surface area contributed by atoms with Crippen LogP contribution in [-0.2, 0) is 24.2 Å². The van der Waals surface area contributed by atoms with Crippen molar-refractivity contribution < 1.29 is 4.74 Å². The second kappa shape index (κ2) is 7.49. The number of hydrogen-bond acceptors (Lipinski definition) is 4. The molecule has 0 atom stereocenters. The van der Waals surface area contributed by atoms with Gasteiger partial charge in [-0.2, -0.15) is 5.10 Å². The maximum absolute atomic E-state index is 6.12. The van der Waals surface area contributed by atoms with Gasteiger partial charge >= 0.3 is 0 Å². The Balaban J connectivity index is 1.49. The summed E-state index contributed by atoms with van der Waals surface area (Å²) in [4.78, 5) is 2.41. The molecule has 0 amide bonds. The molecule has 0 radical (unpaired) electrons. The van der Waals surface area contributed by atoms with Crippen molar-refractivity contribution in [2.75, 3.05) is 33.8 Å². The lowest BCUT2D eigenvalue weighted by Crippen LogP contribution is -2.30. The molecule has 1 aromatic heterocycles. The molecule has 0 aromatic carbocycles. The molecular weight excluding hydrogens is 336 g/mol. The largest absolute Gasteiger partial charge is 0.375 e. The summed E-state index contributed by atoms with van der Waals surface area (Å²) in [5.41, 5.74) is 5.05. The Bertz CT molecular complexity index is 658. The quantitative estimate of drug-likeness (QED) is 0.829. The van der Waals surface area contributed by atoms with E-state index in [-0.39, 0.29) is 5.60 Å². The molecule has 5 nitrogen and oxygen atoms in total. The first kappa shape index (κ1) is 19.4. The zero-order valence-electron chi connectivity index (χ0n) is 17.8. The topological polar surface area (TPSA) is 42.3 Å². The molecule has 1 spiro atoms. The number of nitrogens with zero attached hydrogens (tertiary/aromatic N) is 3. The van der Waals surface area contributed by atoms with Gasteiger partial charge in [-0.15, -0.1) is 0 Å². The first-order valence-electron chi connectivity index (χ1n) is 11.0. The van der Waals surface area contributed by atoms with Crippen molar-refractivity contribution >= 4 is 0 Å². The van der Waals surface area contributed by atoms with Crippen molar-refractivity contribution in [3.8, 4) is 0 Å². The number of aryl methyl sites for hydroxylation is 1. The van der Waals surface area contributed by atoms with Gasteiger partial charge in [0.15, 0.2) is 0 Å². The summed E-state index contributed by atoms with van der Waals surface area (Å²) in [6, 6.07) is 0. The van der Waals surface area contributed by atoms with Crippen LogP contribution in [0.4, 0.5) is 0 Å². The van der Waals surface area contributed by atoms with Gasteiger partial charge in [0.1, 0.15) is 0 Å². The van der Waals surface area contributed by atoms with Gasteiger partial charge in [-0.3, -0.25) is 9.58 Å². The summed E-state index contributed by atoms with van der Waals surface area (Å²) < 4.78 is 8.44. The molecule has 152 valence electrons. The Morgan fingerprint density at radius 3 is 2.74 bits per heavy atom. The number of nitrogens with one attached hydrogen (secondary N) is 1. The van der Waals surface area contributed by atoms with Gasteiger partial charge in [0, 0.05) is 37.4 Å². The van der Waals surface area contributed by atoms with E-state index in [0.29, 0.717) is 11.3 Å². The molecule has 2 aliphatic heterocycles. The van der Waals surface area contributed by atoms with Gasteiger partial charge in [-0.25, -0.2) is 0 Å². The summed E-state index contributed by atoms with van der Waals surface area (Å²) in [7, 11) is 4.25. The van der Waals surface area contributed by atoms with Crippen LogP contribution in [0.1, 0.15) is 75.2 Å². The molecule has 0 unspecified atom stereocenters. The number of hydrogen-bond donors (Lipinski definition) is 1. The normalized spacial score (nSPS) is 29.7. The van der Waals surface area contributed by atoms with E-state index in [2.05, 4.69) is 35.8 Å². The Labute approximate surface area is 164 Å². The molecule has 3 heterocycles. The highest BCUT2D eigenvalue weighted by atomic mass is 16.5. The Morgan fingerprint density at radius 1 is 1.30 bits per heavy atom. The van der Waals surface area contributed by atoms with Gasteiger partial charge < -0.3 is 10.1 Å². The lowest BCUT2D eigenvalue weighted by Gasteiger charge is -2.37. The molecule has 1 saturated carbocycles. The lowest BCUT2D eigenvalue weighted by molar-refractivity contribution is 0.0280. The van der Waals surface area contributed by atoms with E-state index in [0.717, 1.165) is 32.8 Å². The van der Waals surface area contributed by atoms with Gasteiger partial charge in [-0.1, -0.05) is 0 Å². The Hall–Kier alpha value is -0.910. The second-order valence-electron chi connectivity index (χ2n) is 9.97. The molecule has 1 aromatic rings. The van der Waals surface area contributed by atoms with Crippen molar-refractivity contribution in [1.29, 1.82) is 0 Å². The van der Waals surface area contributed by atoms with E-state index >= 15 is 0 Å². The van der Waals surface area contributed by atoms with Gasteiger partial charge in [0.25, 0.3) is 0 Å². The monoisotopic (exact) mass is 374 g/mol. The molecule has 2 fully saturated rings. The zero-order valence-corrected chi connectivity index (χ0v) is 17.8. The van der Waals surface area contributed by atoms with Crippen molar-refractivity contribution in [3.63, 3.8) is 0 Å². The SMILES string of the molecule is CNCCN(C)Cc1nn2c(c1C1CCC3(CC1)COC(C)(C)C3)CCC2. The number of rotatable bonds is 6. The van der Waals surface area contributed by atoms with Crippen molar-refractivity contribution in [3.05, 3.63) is 17.0 Å². The minimum atomic E-state index is 0.0764. The Kier molecular flexibility index (Phi) is 5.38. The van der Waals surface area contributed by atoms with Crippen LogP contribution in [0.25, 0.3) is 0 Å². The molecule has 1 N–H and O–H groups in total. The predicted molar refractivity (Wildman–Crippen MR) is 109 cm³/mol. The minimum absolute atomic E-state index is 0.0764. The highest BCUT2D eigenvalue weighted by molar-refractivity contribution is 5.33. The van der Waals surface area contributed by atoms with Crippen molar-refractivity contribution in [1.82, 2.24) is 20.0 Å². The van der Waals surface area contributed by atoms with Crippen LogP contribution in [-0.4, -0.2) is 54.1 Å². The third kappa shape index (κ3) is 3.96. The van der Waals surface area contributed by atoms with Crippen molar-refractivity contribution in [2.45, 2.75) is 83.4 Å². The number of fused-ring (bicyclic) bond motifs is 1. The molecule has 27 heavy (non-hydrogen) atoms. The molecular formula is C22H38N4O. The first-order chi connectivity index (χ1) is 12.9. The summed E-state index contributed by atoms with van der Waals surface area (Å²) in [6.07, 6.45) is 8.99. The standard InChI is InChI=1S/C22H38N4O/c1-21(2)15-22(16-27-21)9-7-17(8-10-22)20-18(14-25(4)13-11-23-3)24-26-12-5-6-19(20)26/h17,23H,5-16H2,1-4H3. The number of likely N-dealkylation sites (N-methyl/N-ethyl adjacent to an activating group) is 2. The van der Waals surface area contributed by atoms with E-state index in [1.54, 1.807) is 11.3 Å². The van der Waals surface area contributed by atoms with E-state index < -0.39 is 0 Å². The molecule has 5 heteroatoms. The van der Waals surface area contributed by atoms with E-state index in [9.17, 15) is 0 Å². The molecule has 0 bridgehead atoms. The van der Waals surface area contributed by atoms with E-state index in [1.165, 1.54) is 50.6 Å². The molecule has 1 saturated heterocycles. The van der Waals surface area contributed by atoms with Crippen LogP contribution in [0.15, 0.2) is 0 Å². The number of ether oxygens (including phenoxy) is 1. The highest BCUT2D eigenvalue weighted by Crippen LogP contribution is 2.52. The second-order valence-corrected chi connectivity index (χ2v) is 9.97. The fourth-order valence-electron chi connectivity index (χ4n) is 5.83. The van der Waals surface area contributed by atoms with Gasteiger partial charge in [-0.05, 0) is 84.2 Å². The Morgan fingerprint density at radius 2 is 2.07 bits per heavy atom. The minimum Gasteiger partial charge on any atom is -0.375 e. The van der Waals surface area contributed by atoms with Crippen LogP contribution in [0.3, 0.4) is 0 Å². The first-order valence-corrected chi connectivity index (χ1v) is 11.0. The number of aromatic nitrogens is 2. The molecule has 4 rings (SSSR count). The van der Waals surface area contributed by atoms with E-state index in [1.807, 2.05) is 7.05 Å². The fraction of sp³-hybridized carbons (Fsp3) is 0.864. The van der Waals surface area contributed by atoms with Gasteiger partial charge in [0.2, 0.25) is 0 Å². The molecule has 3 aliphatic rings. The maximum Gasteiger partial charge on any atom is 0.0802 e. The third-order valence-corrected chi connectivity index (χ3v) is 7.15. The fourth-order valence-corrected chi connectivity index (χ4v) is 5.83.